The van der Waals surface area contributed by atoms with Gasteiger partial charge in [-0.25, -0.2) is 0 Å². The minimum absolute atomic E-state index is 0.0728. The Morgan fingerprint density at radius 1 is 1.12 bits per heavy atom. The molecule has 0 fully saturated rings. The van der Waals surface area contributed by atoms with Crippen LogP contribution in [0.4, 0.5) is 0 Å². The Hall–Kier alpha value is -2.63. The lowest BCUT2D eigenvalue weighted by atomic mass is 10.1. The fourth-order valence-electron chi connectivity index (χ4n) is 2.76. The average Bonchev–Trinajstić information content (AvgIpc) is 2.65. The topological polar surface area (TPSA) is 74.0 Å². The van der Waals surface area contributed by atoms with Crippen LogP contribution in [0.2, 0.25) is 5.02 Å². The van der Waals surface area contributed by atoms with Crippen molar-refractivity contribution in [2.75, 3.05) is 6.54 Å². The number of halogens is 1. The minimum Gasteiger partial charge on any atom is -0.360 e. The van der Waals surface area contributed by atoms with Gasteiger partial charge in [0.15, 0.2) is 0 Å². The van der Waals surface area contributed by atoms with Crippen LogP contribution in [0.1, 0.15) is 28.4 Å². The summed E-state index contributed by atoms with van der Waals surface area (Å²) in [6, 6.07) is 12.9. The number of amides is 1. The van der Waals surface area contributed by atoms with Crippen molar-refractivity contribution < 1.29 is 4.79 Å². The second-order valence-electron chi connectivity index (χ2n) is 6.00. The number of aromatic nitrogens is 1. The van der Waals surface area contributed by atoms with E-state index in [1.165, 1.54) is 6.20 Å². The third-order valence-corrected chi connectivity index (χ3v) is 4.35. The average molecular weight is 370 g/mol. The SMILES string of the molecule is CCNCc1cccc(CNC(=O)c2c[nH]c3ccc(Cl)cc3c2=O)c1. The Morgan fingerprint density at radius 2 is 1.88 bits per heavy atom. The van der Waals surface area contributed by atoms with Gasteiger partial charge in [0.05, 0.1) is 0 Å². The largest absolute Gasteiger partial charge is 0.360 e. The molecule has 3 N–H and O–H groups in total. The van der Waals surface area contributed by atoms with Crippen LogP contribution in [0.3, 0.4) is 0 Å². The Bertz CT molecular complexity index is 998. The predicted octanol–water partition coefficient (Wildman–Crippen LogP) is 3.22. The van der Waals surface area contributed by atoms with E-state index in [9.17, 15) is 9.59 Å². The second kappa shape index (κ2) is 8.17. The number of carbonyl (C=O) groups excluding carboxylic acids is 1. The monoisotopic (exact) mass is 369 g/mol. The molecule has 6 heteroatoms. The molecule has 0 bridgehead atoms. The van der Waals surface area contributed by atoms with Crippen molar-refractivity contribution in [2.45, 2.75) is 20.0 Å². The fraction of sp³-hybridized carbons (Fsp3) is 0.200. The van der Waals surface area contributed by atoms with E-state index in [1.54, 1.807) is 18.2 Å². The molecule has 0 saturated heterocycles. The Balaban J connectivity index is 1.75. The molecule has 0 saturated carbocycles. The van der Waals surface area contributed by atoms with Crippen LogP contribution in [0.15, 0.2) is 53.5 Å². The van der Waals surface area contributed by atoms with Gasteiger partial charge < -0.3 is 15.6 Å². The highest BCUT2D eigenvalue weighted by molar-refractivity contribution is 6.31. The van der Waals surface area contributed by atoms with E-state index in [-0.39, 0.29) is 11.0 Å². The van der Waals surface area contributed by atoms with Crippen molar-refractivity contribution in [3.8, 4) is 0 Å². The number of carbonyl (C=O) groups is 1. The summed E-state index contributed by atoms with van der Waals surface area (Å²) in [7, 11) is 0. The Morgan fingerprint density at radius 3 is 2.65 bits per heavy atom. The molecule has 1 heterocycles. The first-order valence-corrected chi connectivity index (χ1v) is 8.84. The molecule has 0 aliphatic carbocycles. The van der Waals surface area contributed by atoms with Gasteiger partial charge in [-0.3, -0.25) is 9.59 Å². The van der Waals surface area contributed by atoms with Crippen molar-refractivity contribution in [1.82, 2.24) is 15.6 Å². The van der Waals surface area contributed by atoms with Gasteiger partial charge in [0.2, 0.25) is 5.43 Å². The summed E-state index contributed by atoms with van der Waals surface area (Å²) < 4.78 is 0. The van der Waals surface area contributed by atoms with E-state index >= 15 is 0 Å². The summed E-state index contributed by atoms with van der Waals surface area (Å²) in [5.74, 6) is -0.412. The molecular weight excluding hydrogens is 350 g/mol. The third kappa shape index (κ3) is 4.12. The summed E-state index contributed by atoms with van der Waals surface area (Å²) in [6.07, 6.45) is 1.44. The Labute approximate surface area is 156 Å². The van der Waals surface area contributed by atoms with Crippen LogP contribution in [0.25, 0.3) is 10.9 Å². The van der Waals surface area contributed by atoms with Gasteiger partial charge in [-0.15, -0.1) is 0 Å². The van der Waals surface area contributed by atoms with Crippen LogP contribution >= 0.6 is 11.6 Å². The van der Waals surface area contributed by atoms with Gasteiger partial charge in [0.1, 0.15) is 5.56 Å². The summed E-state index contributed by atoms with van der Waals surface area (Å²) in [5, 5.41) is 6.93. The van der Waals surface area contributed by atoms with E-state index in [1.807, 2.05) is 24.3 Å². The van der Waals surface area contributed by atoms with Crippen LogP contribution in [-0.2, 0) is 13.1 Å². The standard InChI is InChI=1S/C20H20ClN3O2/c1-2-22-10-13-4-3-5-14(8-13)11-24-20(26)17-12-23-18-7-6-15(21)9-16(18)19(17)25/h3-9,12,22H,2,10-11H2,1H3,(H,23,25)(H,24,26). The maximum Gasteiger partial charge on any atom is 0.257 e. The molecular formula is C20H20ClN3O2. The molecule has 0 aliphatic heterocycles. The highest BCUT2D eigenvalue weighted by Gasteiger charge is 2.13. The third-order valence-electron chi connectivity index (χ3n) is 4.11. The van der Waals surface area contributed by atoms with E-state index in [0.717, 1.165) is 24.2 Å². The van der Waals surface area contributed by atoms with Crippen molar-refractivity contribution in [3.05, 3.63) is 80.6 Å². The summed E-state index contributed by atoms with van der Waals surface area (Å²) >= 11 is 5.96. The number of pyridine rings is 1. The van der Waals surface area contributed by atoms with Gasteiger partial charge in [0.25, 0.3) is 5.91 Å². The van der Waals surface area contributed by atoms with Crippen LogP contribution in [-0.4, -0.2) is 17.4 Å². The van der Waals surface area contributed by atoms with Gasteiger partial charge in [-0.2, -0.15) is 0 Å². The first-order valence-electron chi connectivity index (χ1n) is 8.46. The molecule has 5 nitrogen and oxygen atoms in total. The molecule has 1 aromatic heterocycles. The molecule has 3 rings (SSSR count). The van der Waals surface area contributed by atoms with Crippen molar-refractivity contribution in [2.24, 2.45) is 0 Å². The number of rotatable bonds is 6. The number of benzene rings is 2. The lowest BCUT2D eigenvalue weighted by Gasteiger charge is -2.08. The van der Waals surface area contributed by atoms with Crippen LogP contribution in [0, 0.1) is 0 Å². The van der Waals surface area contributed by atoms with E-state index < -0.39 is 5.91 Å². The van der Waals surface area contributed by atoms with Gasteiger partial charge in [-0.05, 0) is 35.9 Å². The molecule has 1 amide bonds. The molecule has 3 aromatic rings. The van der Waals surface area contributed by atoms with Gasteiger partial charge >= 0.3 is 0 Å². The zero-order chi connectivity index (χ0) is 18.5. The normalized spacial score (nSPS) is 10.8. The lowest BCUT2D eigenvalue weighted by Crippen LogP contribution is -2.28. The van der Waals surface area contributed by atoms with Crippen molar-refractivity contribution >= 4 is 28.4 Å². The number of hydrogen-bond donors (Lipinski definition) is 3. The molecule has 2 aromatic carbocycles. The van der Waals surface area contributed by atoms with E-state index in [0.29, 0.717) is 22.5 Å². The second-order valence-corrected chi connectivity index (χ2v) is 6.44. The maximum atomic E-state index is 12.6. The molecule has 0 radical (unpaired) electrons. The quantitative estimate of drug-likeness (QED) is 0.624. The summed E-state index contributed by atoms with van der Waals surface area (Å²) in [5.41, 5.74) is 2.51. The molecule has 134 valence electrons. The highest BCUT2D eigenvalue weighted by atomic mass is 35.5. The Kier molecular flexibility index (Phi) is 5.71. The number of H-pyrrole nitrogens is 1. The van der Waals surface area contributed by atoms with Crippen LogP contribution in [0.5, 0.6) is 0 Å². The number of hydrogen-bond acceptors (Lipinski definition) is 3. The summed E-state index contributed by atoms with van der Waals surface area (Å²) in [6.45, 7) is 4.09. The molecule has 0 unspecified atom stereocenters. The minimum atomic E-state index is -0.412. The smallest absolute Gasteiger partial charge is 0.257 e. The van der Waals surface area contributed by atoms with Crippen molar-refractivity contribution in [3.63, 3.8) is 0 Å². The summed E-state index contributed by atoms with van der Waals surface area (Å²) in [4.78, 5) is 28.0. The first-order chi connectivity index (χ1) is 12.6. The number of fused-ring (bicyclic) bond motifs is 1. The molecule has 0 aliphatic rings. The number of aromatic amines is 1. The molecule has 0 spiro atoms. The first kappa shape index (κ1) is 18.2. The van der Waals surface area contributed by atoms with Gasteiger partial charge in [-0.1, -0.05) is 42.8 Å². The predicted molar refractivity (Wildman–Crippen MR) is 105 cm³/mol. The lowest BCUT2D eigenvalue weighted by molar-refractivity contribution is 0.0949. The number of nitrogens with one attached hydrogen (secondary N) is 3. The van der Waals surface area contributed by atoms with E-state index in [2.05, 4.69) is 22.5 Å². The van der Waals surface area contributed by atoms with Crippen molar-refractivity contribution in [1.29, 1.82) is 0 Å². The van der Waals surface area contributed by atoms with Gasteiger partial charge in [0, 0.05) is 35.2 Å². The zero-order valence-electron chi connectivity index (χ0n) is 14.4. The van der Waals surface area contributed by atoms with E-state index in [4.69, 9.17) is 11.6 Å². The maximum absolute atomic E-state index is 12.6. The highest BCUT2D eigenvalue weighted by Crippen LogP contribution is 2.15. The van der Waals surface area contributed by atoms with Crippen LogP contribution < -0.4 is 16.1 Å². The zero-order valence-corrected chi connectivity index (χ0v) is 15.2. The fourth-order valence-corrected chi connectivity index (χ4v) is 2.93. The molecule has 26 heavy (non-hydrogen) atoms. The molecule has 0 atom stereocenters.